The number of pyridine rings is 1. The lowest BCUT2D eigenvalue weighted by atomic mass is 9.94. The Morgan fingerprint density at radius 3 is 2.71 bits per heavy atom. The number of rotatable bonds is 3. The molecule has 1 saturated carbocycles. The number of nitrogens with zero attached hydrogens (tertiary/aromatic N) is 2. The maximum absolute atomic E-state index is 11.4. The molecule has 3 nitrogen and oxygen atoms in total. The predicted molar refractivity (Wildman–Crippen MR) is 68.8 cm³/mol. The van der Waals surface area contributed by atoms with Gasteiger partial charge in [0.1, 0.15) is 0 Å². The number of halogens is 1. The van der Waals surface area contributed by atoms with Gasteiger partial charge in [0.15, 0.2) is 6.20 Å². The topological polar surface area (TPSA) is 30.2 Å². The lowest BCUT2D eigenvalue weighted by Crippen LogP contribution is -2.34. The first-order valence-electron chi connectivity index (χ1n) is 6.24. The second-order valence-corrected chi connectivity index (χ2v) is 5.28. The molecule has 1 fully saturated rings. The van der Waals surface area contributed by atoms with Crippen LogP contribution in [0.15, 0.2) is 18.3 Å². The van der Waals surface area contributed by atoms with Gasteiger partial charge in [-0.3, -0.25) is 4.90 Å². The largest absolute Gasteiger partial charge is 0.618 e. The molecular formula is C13H19ClN2O. The first-order valence-corrected chi connectivity index (χ1v) is 6.62. The molecule has 0 saturated heterocycles. The van der Waals surface area contributed by atoms with Gasteiger partial charge in [-0.2, -0.15) is 4.73 Å². The van der Waals surface area contributed by atoms with Crippen LogP contribution >= 0.6 is 11.6 Å². The molecule has 0 unspecified atom stereocenters. The molecule has 2 rings (SSSR count). The first kappa shape index (κ1) is 12.7. The molecule has 1 aromatic rings. The average molecular weight is 255 g/mol. The van der Waals surface area contributed by atoms with Crippen molar-refractivity contribution in [1.29, 1.82) is 0 Å². The molecule has 4 heteroatoms. The van der Waals surface area contributed by atoms with E-state index in [1.165, 1.54) is 32.1 Å². The van der Waals surface area contributed by atoms with E-state index in [2.05, 4.69) is 11.9 Å². The van der Waals surface area contributed by atoms with Gasteiger partial charge >= 0.3 is 0 Å². The van der Waals surface area contributed by atoms with E-state index in [0.29, 0.717) is 6.04 Å². The van der Waals surface area contributed by atoms with Crippen LogP contribution in [-0.4, -0.2) is 18.0 Å². The monoisotopic (exact) mass is 254 g/mol. The SMILES string of the molecule is CN(Cc1ccc(Cl)[n+]([O-])c1)C1CCCCC1. The van der Waals surface area contributed by atoms with Gasteiger partial charge in [-0.25, -0.2) is 0 Å². The van der Waals surface area contributed by atoms with Crippen LogP contribution in [0, 0.1) is 5.21 Å². The molecule has 1 heterocycles. The van der Waals surface area contributed by atoms with Crippen molar-refractivity contribution in [2.75, 3.05) is 7.05 Å². The van der Waals surface area contributed by atoms with Crippen molar-refractivity contribution in [3.8, 4) is 0 Å². The Labute approximate surface area is 108 Å². The van der Waals surface area contributed by atoms with Gasteiger partial charge in [-0.1, -0.05) is 19.3 Å². The van der Waals surface area contributed by atoms with Crippen LogP contribution in [0.4, 0.5) is 0 Å². The van der Waals surface area contributed by atoms with Crippen molar-refractivity contribution in [1.82, 2.24) is 4.90 Å². The molecule has 94 valence electrons. The van der Waals surface area contributed by atoms with Crippen LogP contribution < -0.4 is 4.73 Å². The average Bonchev–Trinajstić information content (AvgIpc) is 2.35. The molecule has 0 amide bonds. The summed E-state index contributed by atoms with van der Waals surface area (Å²) < 4.78 is 0.728. The molecule has 17 heavy (non-hydrogen) atoms. The maximum atomic E-state index is 11.4. The molecule has 0 aromatic carbocycles. The molecule has 0 aliphatic heterocycles. The lowest BCUT2D eigenvalue weighted by molar-refractivity contribution is -0.603. The second-order valence-electron chi connectivity index (χ2n) is 4.89. The molecular weight excluding hydrogens is 236 g/mol. The number of aromatic nitrogens is 1. The summed E-state index contributed by atoms with van der Waals surface area (Å²) in [4.78, 5) is 2.35. The Morgan fingerprint density at radius 1 is 1.35 bits per heavy atom. The minimum atomic E-state index is 0.231. The Kier molecular flexibility index (Phi) is 4.24. The van der Waals surface area contributed by atoms with Crippen molar-refractivity contribution in [2.24, 2.45) is 0 Å². The molecule has 1 aromatic heterocycles. The van der Waals surface area contributed by atoms with E-state index < -0.39 is 0 Å². The van der Waals surface area contributed by atoms with Crippen molar-refractivity contribution in [2.45, 2.75) is 44.7 Å². The molecule has 0 atom stereocenters. The van der Waals surface area contributed by atoms with Gasteiger partial charge in [-0.15, -0.1) is 0 Å². The van der Waals surface area contributed by atoms with E-state index >= 15 is 0 Å². The molecule has 0 bridgehead atoms. The third-order valence-electron chi connectivity index (χ3n) is 3.56. The Balaban J connectivity index is 1.96. The molecule has 0 spiro atoms. The minimum Gasteiger partial charge on any atom is -0.618 e. The van der Waals surface area contributed by atoms with Crippen LogP contribution in [0.3, 0.4) is 0 Å². The third kappa shape index (κ3) is 3.33. The van der Waals surface area contributed by atoms with E-state index in [-0.39, 0.29) is 5.15 Å². The lowest BCUT2D eigenvalue weighted by Gasteiger charge is -2.30. The Hall–Kier alpha value is -0.800. The molecule has 0 radical (unpaired) electrons. The van der Waals surface area contributed by atoms with Gasteiger partial charge in [-0.05, 0) is 37.6 Å². The summed E-state index contributed by atoms with van der Waals surface area (Å²) >= 11 is 5.70. The predicted octanol–water partition coefficient (Wildman–Crippen LogP) is 2.74. The van der Waals surface area contributed by atoms with Crippen molar-refractivity contribution < 1.29 is 4.73 Å². The van der Waals surface area contributed by atoms with Crippen molar-refractivity contribution in [3.05, 3.63) is 34.3 Å². The van der Waals surface area contributed by atoms with Gasteiger partial charge in [0.25, 0.3) is 5.15 Å². The van der Waals surface area contributed by atoms with Gasteiger partial charge in [0, 0.05) is 24.2 Å². The van der Waals surface area contributed by atoms with Crippen LogP contribution in [-0.2, 0) is 6.54 Å². The van der Waals surface area contributed by atoms with Gasteiger partial charge in [0.05, 0.1) is 0 Å². The second kappa shape index (κ2) is 5.69. The smallest absolute Gasteiger partial charge is 0.286 e. The zero-order valence-electron chi connectivity index (χ0n) is 10.2. The molecule has 1 aliphatic rings. The van der Waals surface area contributed by atoms with Crippen molar-refractivity contribution in [3.63, 3.8) is 0 Å². The summed E-state index contributed by atoms with van der Waals surface area (Å²) in [6.45, 7) is 0.823. The van der Waals surface area contributed by atoms with Crippen molar-refractivity contribution >= 4 is 11.6 Å². The van der Waals surface area contributed by atoms with Gasteiger partial charge < -0.3 is 5.21 Å². The van der Waals surface area contributed by atoms with Crippen LogP contribution in [0.25, 0.3) is 0 Å². The van der Waals surface area contributed by atoms with Gasteiger partial charge in [0.2, 0.25) is 0 Å². The summed E-state index contributed by atoms with van der Waals surface area (Å²) in [5, 5.41) is 11.6. The summed E-state index contributed by atoms with van der Waals surface area (Å²) in [5.41, 5.74) is 1.03. The first-order chi connectivity index (χ1) is 8.16. The van der Waals surface area contributed by atoms with E-state index in [1.54, 1.807) is 12.3 Å². The fraction of sp³-hybridized carbons (Fsp3) is 0.615. The highest BCUT2D eigenvalue weighted by Crippen LogP contribution is 2.22. The standard InChI is InChI=1S/C13H19ClN2O/c1-15(12-5-3-2-4-6-12)9-11-7-8-13(14)16(17)10-11/h7-8,10,12H,2-6,9H2,1H3. The van der Waals surface area contributed by atoms with E-state index in [4.69, 9.17) is 11.6 Å². The summed E-state index contributed by atoms with van der Waals surface area (Å²) in [6.07, 6.45) is 8.16. The molecule has 0 N–H and O–H groups in total. The fourth-order valence-electron chi connectivity index (χ4n) is 2.54. The minimum absolute atomic E-state index is 0.231. The van der Waals surface area contributed by atoms with Crippen LogP contribution in [0.1, 0.15) is 37.7 Å². The summed E-state index contributed by atoms with van der Waals surface area (Å²) in [6, 6.07) is 4.26. The molecule has 1 aliphatic carbocycles. The highest BCUT2D eigenvalue weighted by Gasteiger charge is 2.18. The summed E-state index contributed by atoms with van der Waals surface area (Å²) in [7, 11) is 2.14. The normalized spacial score (nSPS) is 17.6. The fourth-order valence-corrected chi connectivity index (χ4v) is 2.65. The Morgan fingerprint density at radius 2 is 2.06 bits per heavy atom. The zero-order chi connectivity index (χ0) is 12.3. The number of hydrogen-bond acceptors (Lipinski definition) is 2. The van der Waals surface area contributed by atoms with Crippen LogP contribution in [0.5, 0.6) is 0 Å². The Bertz CT molecular complexity index is 378. The van der Waals surface area contributed by atoms with E-state index in [0.717, 1.165) is 16.8 Å². The summed E-state index contributed by atoms with van der Waals surface area (Å²) in [5.74, 6) is 0. The quantitative estimate of drug-likeness (QED) is 0.472. The third-order valence-corrected chi connectivity index (χ3v) is 3.85. The number of hydrogen-bond donors (Lipinski definition) is 0. The zero-order valence-corrected chi connectivity index (χ0v) is 11.0. The van der Waals surface area contributed by atoms with E-state index in [1.807, 2.05) is 6.07 Å². The van der Waals surface area contributed by atoms with Crippen LogP contribution in [0.2, 0.25) is 5.15 Å². The highest BCUT2D eigenvalue weighted by molar-refractivity contribution is 6.28. The van der Waals surface area contributed by atoms with E-state index in [9.17, 15) is 5.21 Å². The highest BCUT2D eigenvalue weighted by atomic mass is 35.5. The maximum Gasteiger partial charge on any atom is 0.286 e.